The van der Waals surface area contributed by atoms with Crippen LogP contribution < -0.4 is 10.9 Å². The van der Waals surface area contributed by atoms with Gasteiger partial charge in [0, 0.05) is 0 Å². The van der Waals surface area contributed by atoms with Crippen molar-refractivity contribution < 1.29 is 53.3 Å². The quantitative estimate of drug-likeness (QED) is 0.0727. The lowest BCUT2D eigenvalue weighted by atomic mass is 10.1. The van der Waals surface area contributed by atoms with Crippen LogP contribution >= 0.6 is 0 Å². The highest BCUT2D eigenvalue weighted by molar-refractivity contribution is 5.94. The highest BCUT2D eigenvalue weighted by Crippen LogP contribution is 2.39. The molecule has 0 bridgehead atoms. The number of fused-ring (bicyclic) bond motifs is 2. The van der Waals surface area contributed by atoms with Crippen LogP contribution in [0.5, 0.6) is 0 Å². The molecule has 16 nitrogen and oxygen atoms in total. The Morgan fingerprint density at radius 2 is 1.32 bits per heavy atom. The number of hydrazine groups is 1. The molecular formula is C22H23F3N8O8. The van der Waals surface area contributed by atoms with Crippen LogP contribution in [-0.2, 0) is 9.47 Å². The molecule has 0 aliphatic carbocycles. The number of pyridine rings is 2. The van der Waals surface area contributed by atoms with Gasteiger partial charge in [0.05, 0.1) is 32.1 Å². The van der Waals surface area contributed by atoms with Gasteiger partial charge in [0.2, 0.25) is 5.82 Å². The van der Waals surface area contributed by atoms with E-state index in [1.165, 1.54) is 0 Å². The summed E-state index contributed by atoms with van der Waals surface area (Å²) in [6, 6.07) is 0. The second kappa shape index (κ2) is 10.1. The van der Waals surface area contributed by atoms with E-state index < -0.39 is 91.2 Å². The third-order valence-corrected chi connectivity index (χ3v) is 7.17. The van der Waals surface area contributed by atoms with Gasteiger partial charge in [-0.1, -0.05) is 0 Å². The normalized spacial score (nSPS) is 30.2. The zero-order chi connectivity index (χ0) is 29.3. The van der Waals surface area contributed by atoms with Crippen LogP contribution in [0.3, 0.4) is 0 Å². The van der Waals surface area contributed by atoms with Gasteiger partial charge in [-0.05, 0) is 0 Å². The molecule has 0 radical (unpaired) electrons. The van der Waals surface area contributed by atoms with E-state index >= 15 is 4.39 Å². The molecule has 0 aromatic carbocycles. The van der Waals surface area contributed by atoms with Gasteiger partial charge in [0.1, 0.15) is 58.7 Å². The van der Waals surface area contributed by atoms with Gasteiger partial charge in [0.25, 0.3) is 5.95 Å². The number of aliphatic hydroxyl groups excluding tert-OH is 6. The molecule has 0 spiro atoms. The van der Waals surface area contributed by atoms with E-state index in [0.29, 0.717) is 5.01 Å². The van der Waals surface area contributed by atoms with Crippen LogP contribution in [-0.4, -0.2) is 110 Å². The molecule has 0 unspecified atom stereocenters. The largest absolute Gasteiger partial charge is 0.394 e. The molecule has 0 saturated carbocycles. The van der Waals surface area contributed by atoms with Crippen LogP contribution in [0.15, 0.2) is 18.9 Å². The number of ether oxygens (including phenoxy) is 2. The standard InChI is InChI=1S/C22H23F3N8O8/c23-6-1-27-19(11-12(6)31(5-29-11)21-16(38)14(36)7(2-34)40-21)33(26)20-13-10(9(24)18(25)30-20)28-4-32(13)22-17(39)15(37)8(3-35)41-22/h1,4-5,7-8,14-17,21-22,34-39H,2-3,26H2/t7-,8-,14-,15-,16-,17-,21-,22-/m1/s1. The number of hydrogen-bond donors (Lipinski definition) is 7. The van der Waals surface area contributed by atoms with E-state index in [2.05, 4.69) is 19.9 Å². The average Bonchev–Trinajstić information content (AvgIpc) is 3.72. The van der Waals surface area contributed by atoms with Gasteiger partial charge in [-0.15, -0.1) is 0 Å². The average molecular weight is 584 g/mol. The molecule has 6 rings (SSSR count). The van der Waals surface area contributed by atoms with Crippen molar-refractivity contribution in [3.63, 3.8) is 0 Å². The zero-order valence-corrected chi connectivity index (χ0v) is 20.6. The van der Waals surface area contributed by atoms with Gasteiger partial charge in [-0.3, -0.25) is 9.13 Å². The van der Waals surface area contributed by atoms with Crippen LogP contribution in [0.4, 0.5) is 24.8 Å². The first-order chi connectivity index (χ1) is 19.6. The number of nitrogens with zero attached hydrogens (tertiary/aromatic N) is 7. The zero-order valence-electron chi connectivity index (χ0n) is 20.6. The lowest BCUT2D eigenvalue weighted by molar-refractivity contribution is -0.0510. The molecular weight excluding hydrogens is 561 g/mol. The minimum Gasteiger partial charge on any atom is -0.394 e. The maximum absolute atomic E-state index is 15.1. The number of halogens is 3. The van der Waals surface area contributed by atoms with Crippen molar-refractivity contribution in [1.82, 2.24) is 29.1 Å². The van der Waals surface area contributed by atoms with E-state index in [1.807, 2.05) is 0 Å². The minimum atomic E-state index is -1.63. The fourth-order valence-corrected chi connectivity index (χ4v) is 5.09. The van der Waals surface area contributed by atoms with Crippen molar-refractivity contribution in [2.45, 2.75) is 49.1 Å². The van der Waals surface area contributed by atoms with Crippen molar-refractivity contribution in [3.8, 4) is 0 Å². The summed E-state index contributed by atoms with van der Waals surface area (Å²) in [6.07, 6.45) is -8.62. The Kier molecular flexibility index (Phi) is 6.79. The molecule has 19 heteroatoms. The van der Waals surface area contributed by atoms with Crippen LogP contribution in [0.1, 0.15) is 12.5 Å². The third-order valence-electron chi connectivity index (χ3n) is 7.17. The van der Waals surface area contributed by atoms with Gasteiger partial charge in [-0.2, -0.15) is 13.8 Å². The van der Waals surface area contributed by atoms with Crippen LogP contribution in [0.2, 0.25) is 0 Å². The first-order valence-electron chi connectivity index (χ1n) is 12.1. The van der Waals surface area contributed by atoms with E-state index in [9.17, 15) is 39.4 Å². The Morgan fingerprint density at radius 3 is 1.85 bits per heavy atom. The predicted octanol–water partition coefficient (Wildman–Crippen LogP) is -2.17. The Labute approximate surface area is 226 Å². The summed E-state index contributed by atoms with van der Waals surface area (Å²) in [4.78, 5) is 15.4. The Hall–Kier alpha value is -3.53. The van der Waals surface area contributed by atoms with E-state index in [0.717, 1.165) is 28.0 Å². The van der Waals surface area contributed by atoms with Crippen molar-refractivity contribution in [2.75, 3.05) is 18.2 Å². The molecule has 2 fully saturated rings. The molecule has 8 N–H and O–H groups in total. The van der Waals surface area contributed by atoms with Crippen molar-refractivity contribution in [2.24, 2.45) is 5.84 Å². The first kappa shape index (κ1) is 27.6. The number of imidazole rings is 2. The van der Waals surface area contributed by atoms with Crippen LogP contribution in [0, 0.1) is 17.6 Å². The molecule has 2 saturated heterocycles. The maximum atomic E-state index is 15.1. The molecule has 220 valence electrons. The molecule has 41 heavy (non-hydrogen) atoms. The van der Waals surface area contributed by atoms with Crippen LogP contribution in [0.25, 0.3) is 22.1 Å². The smallest absolute Gasteiger partial charge is 0.253 e. The molecule has 4 aromatic heterocycles. The number of rotatable bonds is 6. The summed E-state index contributed by atoms with van der Waals surface area (Å²) in [7, 11) is 0. The first-order valence-corrected chi connectivity index (χ1v) is 12.1. The molecule has 0 amide bonds. The monoisotopic (exact) mass is 584 g/mol. The fourth-order valence-electron chi connectivity index (χ4n) is 5.09. The highest BCUT2D eigenvalue weighted by atomic mass is 19.2. The summed E-state index contributed by atoms with van der Waals surface area (Å²) < 4.78 is 57.4. The van der Waals surface area contributed by atoms with Gasteiger partial charge in [0.15, 0.2) is 29.9 Å². The second-order valence-electron chi connectivity index (χ2n) is 9.50. The molecule has 4 aromatic rings. The van der Waals surface area contributed by atoms with Gasteiger partial charge < -0.3 is 40.1 Å². The van der Waals surface area contributed by atoms with Crippen molar-refractivity contribution in [3.05, 3.63) is 36.4 Å². The van der Waals surface area contributed by atoms with Gasteiger partial charge >= 0.3 is 0 Å². The lowest BCUT2D eigenvalue weighted by Gasteiger charge is -2.22. The summed E-state index contributed by atoms with van der Waals surface area (Å²) >= 11 is 0. The SMILES string of the molecule is NN(c1ncc(F)c2c1ncn2[C@@H]1O[C@H](CO)[C@@H](O)[C@H]1O)c1nc(F)c(F)c2ncn([C@@H]3O[C@H](CO)[C@@H](O)[C@H]3O)c12. The summed E-state index contributed by atoms with van der Waals surface area (Å²) in [5.41, 5.74) is -1.46. The van der Waals surface area contributed by atoms with Gasteiger partial charge in [-0.25, -0.2) is 30.2 Å². The summed E-state index contributed by atoms with van der Waals surface area (Å²) in [6.45, 7) is -1.29. The molecule has 2 aliphatic heterocycles. The fraction of sp³-hybridized carbons (Fsp3) is 0.455. The Balaban J connectivity index is 1.48. The molecule has 8 atom stereocenters. The number of anilines is 2. The third kappa shape index (κ3) is 4.05. The van der Waals surface area contributed by atoms with E-state index in [4.69, 9.17) is 15.3 Å². The summed E-state index contributed by atoms with van der Waals surface area (Å²) in [5, 5.41) is 60.8. The predicted molar refractivity (Wildman–Crippen MR) is 127 cm³/mol. The molecule has 2 aliphatic rings. The van der Waals surface area contributed by atoms with Crippen molar-refractivity contribution in [1.29, 1.82) is 0 Å². The minimum absolute atomic E-state index is 0.246. The number of hydrogen-bond acceptors (Lipinski definition) is 14. The maximum Gasteiger partial charge on any atom is 0.253 e. The lowest BCUT2D eigenvalue weighted by Crippen LogP contribution is -2.33. The number of aromatic nitrogens is 6. The van der Waals surface area contributed by atoms with Crippen molar-refractivity contribution >= 4 is 33.7 Å². The Morgan fingerprint density at radius 1 is 0.780 bits per heavy atom. The van der Waals surface area contributed by atoms with E-state index in [-0.39, 0.29) is 22.4 Å². The highest BCUT2D eigenvalue weighted by Gasteiger charge is 2.45. The number of aliphatic hydroxyl groups is 6. The van der Waals surface area contributed by atoms with E-state index in [1.54, 1.807) is 0 Å². The second-order valence-corrected chi connectivity index (χ2v) is 9.50. The number of nitrogens with two attached hydrogens (primary N) is 1. The topological polar surface area (TPSA) is 231 Å². The molecule has 6 heterocycles. The summed E-state index contributed by atoms with van der Waals surface area (Å²) in [5.74, 6) is 1.39. The Bertz CT molecular complexity index is 1620.